The van der Waals surface area contributed by atoms with E-state index in [1.54, 1.807) is 17.3 Å². The first-order valence-corrected chi connectivity index (χ1v) is 18.8. The van der Waals surface area contributed by atoms with Gasteiger partial charge in [0.25, 0.3) is 0 Å². The van der Waals surface area contributed by atoms with Crippen LogP contribution in [0.15, 0.2) is 23.5 Å². The molecule has 258 valence electrons. The molecule has 0 aliphatic heterocycles. The summed E-state index contributed by atoms with van der Waals surface area (Å²) in [6.45, 7) is 17.0. The Balaban J connectivity index is 1.23. The lowest BCUT2D eigenvalue weighted by atomic mass is 9.33. The van der Waals surface area contributed by atoms with Crippen molar-refractivity contribution in [3.63, 3.8) is 0 Å². The van der Waals surface area contributed by atoms with Crippen molar-refractivity contribution >= 4 is 23.5 Å². The highest BCUT2D eigenvalue weighted by molar-refractivity contribution is 6.30. The van der Waals surface area contributed by atoms with Crippen LogP contribution >= 0.6 is 11.6 Å². The third-order valence-corrected chi connectivity index (χ3v) is 16.1. The number of aliphatic hydroxyl groups excluding tert-OH is 1. The van der Waals surface area contributed by atoms with Gasteiger partial charge >= 0.3 is 6.09 Å². The van der Waals surface area contributed by atoms with E-state index in [2.05, 4.69) is 58.4 Å². The second-order valence-electron chi connectivity index (χ2n) is 18.3. The monoisotopic (exact) mass is 665 g/mol. The van der Waals surface area contributed by atoms with Gasteiger partial charge < -0.3 is 10.2 Å². The summed E-state index contributed by atoms with van der Waals surface area (Å²) in [6.07, 6.45) is 13.0. The van der Waals surface area contributed by atoms with Crippen molar-refractivity contribution in [2.75, 3.05) is 6.54 Å². The molecule has 0 radical (unpaired) electrons. The van der Waals surface area contributed by atoms with E-state index >= 15 is 0 Å². The Morgan fingerprint density at radius 3 is 2.23 bits per heavy atom. The molecule has 1 amide bonds. The summed E-state index contributed by atoms with van der Waals surface area (Å²) in [6, 6.07) is 0. The highest BCUT2D eigenvalue weighted by atomic mass is 35.5. The van der Waals surface area contributed by atoms with Crippen molar-refractivity contribution in [3.8, 4) is 0 Å². The molecule has 47 heavy (non-hydrogen) atoms. The van der Waals surface area contributed by atoms with Gasteiger partial charge in [0, 0.05) is 30.8 Å². The molecule has 0 saturated heterocycles. The molecule has 2 N–H and O–H groups in total. The quantitative estimate of drug-likeness (QED) is 0.315. The molecule has 1 heterocycles. The van der Waals surface area contributed by atoms with Crippen LogP contribution in [0.3, 0.4) is 0 Å². The Bertz CT molecular complexity index is 1500. The predicted molar refractivity (Wildman–Crippen MR) is 183 cm³/mol. The number of Topliss-reactive ketones (excluding diaryl/α,β-unsaturated/α-hetero) is 1. The molecular weight excluding hydrogens is 610 g/mol. The van der Waals surface area contributed by atoms with Crippen LogP contribution in [-0.4, -0.2) is 49.6 Å². The van der Waals surface area contributed by atoms with Crippen LogP contribution in [0.2, 0.25) is 5.02 Å². The van der Waals surface area contributed by atoms with Crippen LogP contribution in [0.4, 0.5) is 4.79 Å². The van der Waals surface area contributed by atoms with Gasteiger partial charge in [0.1, 0.15) is 5.54 Å². The van der Waals surface area contributed by atoms with E-state index in [4.69, 9.17) is 11.6 Å². The SMILES string of the molecule is CC(C)C1=C2C3CC[C@@H]4[C@@]5(C)CCC(O)C(C)(C)[C@@H]5CC[C@@]4(C)[C@]3(C)CC[C@@]2(CCN(C(=O)O)C2(c3ncc(Cl)cn3)CC2)CC1=O. The second kappa shape index (κ2) is 10.8. The Hall–Kier alpha value is -1.99. The number of amides is 1. The van der Waals surface area contributed by atoms with Crippen molar-refractivity contribution in [1.29, 1.82) is 0 Å². The summed E-state index contributed by atoms with van der Waals surface area (Å²) in [4.78, 5) is 37.4. The Morgan fingerprint density at radius 2 is 1.62 bits per heavy atom. The van der Waals surface area contributed by atoms with Crippen molar-refractivity contribution in [2.24, 2.45) is 50.7 Å². The number of aliphatic hydroxyl groups is 1. The maximum absolute atomic E-state index is 14.1. The van der Waals surface area contributed by atoms with Crippen molar-refractivity contribution in [3.05, 3.63) is 34.4 Å². The standard InChI is InChI=1S/C39H56ClN3O4/c1-23(2)30-26(44)20-38(18-19-43(33(46)47)39(16-17-39)32-41-21-24(40)22-42-32)15-14-36(6)25(31(30)38)8-9-28-35(5)12-11-29(45)34(3,4)27(35)10-13-37(28,36)7/h21-23,25,27-29,45H,8-20H2,1-7H3,(H,46,47)/t25?,27-,28+,29?,35-,36+,37+,38+/m0/s1. The van der Waals surface area contributed by atoms with E-state index in [9.17, 15) is 19.8 Å². The van der Waals surface area contributed by atoms with Gasteiger partial charge in [-0.15, -0.1) is 0 Å². The molecular formula is C39H56ClN3O4. The fourth-order valence-corrected chi connectivity index (χ4v) is 13.2. The van der Waals surface area contributed by atoms with E-state index in [1.165, 1.54) is 12.0 Å². The Kier molecular flexibility index (Phi) is 7.67. The molecule has 1 aromatic heterocycles. The second-order valence-corrected chi connectivity index (χ2v) is 18.7. The van der Waals surface area contributed by atoms with E-state index < -0.39 is 11.6 Å². The fraction of sp³-hybridized carbons (Fsp3) is 0.795. The summed E-state index contributed by atoms with van der Waals surface area (Å²) < 4.78 is 0. The highest BCUT2D eigenvalue weighted by Crippen LogP contribution is 2.77. The number of hydrogen-bond acceptors (Lipinski definition) is 5. The van der Waals surface area contributed by atoms with Gasteiger partial charge in [0.15, 0.2) is 11.6 Å². The summed E-state index contributed by atoms with van der Waals surface area (Å²) >= 11 is 6.08. The molecule has 5 fully saturated rings. The average molecular weight is 666 g/mol. The molecule has 5 saturated carbocycles. The lowest BCUT2D eigenvalue weighted by molar-refractivity contribution is -0.228. The molecule has 7 nitrogen and oxygen atoms in total. The van der Waals surface area contributed by atoms with Crippen LogP contribution < -0.4 is 0 Å². The van der Waals surface area contributed by atoms with Crippen molar-refractivity contribution < 1.29 is 19.8 Å². The average Bonchev–Trinajstić information content (AvgIpc) is 3.73. The number of halogens is 1. The number of hydrogen-bond donors (Lipinski definition) is 2. The number of carbonyl (C=O) groups excluding carboxylic acids is 1. The fourth-order valence-electron chi connectivity index (χ4n) is 13.1. The van der Waals surface area contributed by atoms with E-state index in [0.29, 0.717) is 60.8 Å². The number of allylic oxidation sites excluding steroid dienone is 2. The van der Waals surface area contributed by atoms with Crippen molar-refractivity contribution in [1.82, 2.24) is 14.9 Å². The number of nitrogens with zero attached hydrogens (tertiary/aromatic N) is 3. The third kappa shape index (κ3) is 4.53. The number of carboxylic acid groups (broad SMARTS) is 1. The van der Waals surface area contributed by atoms with Crippen LogP contribution in [-0.2, 0) is 10.3 Å². The molecule has 0 aromatic carbocycles. The van der Waals surface area contributed by atoms with E-state index in [0.717, 1.165) is 50.5 Å². The molecule has 8 atom stereocenters. The molecule has 1 aromatic rings. The van der Waals surface area contributed by atoms with Crippen LogP contribution in [0.25, 0.3) is 0 Å². The zero-order valence-electron chi connectivity index (χ0n) is 29.7. The number of ketones is 1. The molecule has 0 spiro atoms. The minimum absolute atomic E-state index is 0.0645. The zero-order chi connectivity index (χ0) is 33.9. The third-order valence-electron chi connectivity index (χ3n) is 15.9. The first-order chi connectivity index (χ1) is 22.0. The first-order valence-electron chi connectivity index (χ1n) is 18.4. The van der Waals surface area contributed by atoms with Gasteiger partial charge in [-0.05, 0) is 122 Å². The molecule has 7 rings (SSSR count). The summed E-state index contributed by atoms with van der Waals surface area (Å²) in [5.41, 5.74) is 1.76. The van der Waals surface area contributed by atoms with E-state index in [1.807, 2.05) is 0 Å². The summed E-state index contributed by atoms with van der Waals surface area (Å²) in [5.74, 6) is 2.39. The first kappa shape index (κ1) is 33.5. The number of fused-ring (bicyclic) bond motifs is 7. The maximum atomic E-state index is 14.1. The Morgan fingerprint density at radius 1 is 0.936 bits per heavy atom. The highest BCUT2D eigenvalue weighted by Gasteiger charge is 2.70. The normalized spacial score (nSPS) is 41.5. The lowest BCUT2D eigenvalue weighted by Crippen LogP contribution is -2.65. The topological polar surface area (TPSA) is 104 Å². The maximum Gasteiger partial charge on any atom is 0.408 e. The van der Waals surface area contributed by atoms with E-state index in [-0.39, 0.29) is 44.9 Å². The van der Waals surface area contributed by atoms with Crippen LogP contribution in [0.5, 0.6) is 0 Å². The molecule has 8 heteroatoms. The minimum atomic E-state index is -0.949. The molecule has 6 aliphatic rings. The van der Waals surface area contributed by atoms with Gasteiger partial charge in [-0.1, -0.05) is 65.6 Å². The Labute approximate surface area is 286 Å². The largest absolute Gasteiger partial charge is 0.465 e. The lowest BCUT2D eigenvalue weighted by Gasteiger charge is -2.72. The van der Waals surface area contributed by atoms with Gasteiger partial charge in [-0.2, -0.15) is 0 Å². The smallest absolute Gasteiger partial charge is 0.408 e. The van der Waals surface area contributed by atoms with Gasteiger partial charge in [0.2, 0.25) is 0 Å². The zero-order valence-corrected chi connectivity index (χ0v) is 30.4. The molecule has 0 bridgehead atoms. The number of carbonyl (C=O) groups is 2. The predicted octanol–water partition coefficient (Wildman–Crippen LogP) is 8.83. The molecule has 6 aliphatic carbocycles. The van der Waals surface area contributed by atoms with Crippen LogP contribution in [0.1, 0.15) is 131 Å². The summed E-state index contributed by atoms with van der Waals surface area (Å²) in [7, 11) is 0. The van der Waals surface area contributed by atoms with Crippen molar-refractivity contribution in [2.45, 2.75) is 137 Å². The van der Waals surface area contributed by atoms with Gasteiger partial charge in [0.05, 0.1) is 11.1 Å². The molecule has 2 unspecified atom stereocenters. The number of aromatic nitrogens is 2. The minimum Gasteiger partial charge on any atom is -0.465 e. The van der Waals surface area contributed by atoms with Crippen LogP contribution in [0, 0.1) is 50.7 Å². The number of rotatable bonds is 6. The van der Waals surface area contributed by atoms with Gasteiger partial charge in [-0.25, -0.2) is 14.8 Å². The van der Waals surface area contributed by atoms with Gasteiger partial charge in [-0.3, -0.25) is 9.69 Å². The summed E-state index contributed by atoms with van der Waals surface area (Å²) in [5, 5.41) is 22.1.